The topological polar surface area (TPSA) is 22.2 Å². The van der Waals surface area contributed by atoms with E-state index in [2.05, 4.69) is 171 Å². The molecule has 0 radical (unpaired) electrons. The Bertz CT molecular complexity index is 2470. The summed E-state index contributed by atoms with van der Waals surface area (Å²) in [6, 6.07) is 36.2. The molecule has 56 heavy (non-hydrogen) atoms. The molecule has 3 heteroatoms. The van der Waals surface area contributed by atoms with E-state index >= 15 is 0 Å². The van der Waals surface area contributed by atoms with Crippen molar-refractivity contribution in [2.24, 2.45) is 4.99 Å². The average Bonchev–Trinajstić information content (AvgIpc) is 3.74. The lowest BCUT2D eigenvalue weighted by atomic mass is 9.77. The predicted molar refractivity (Wildman–Crippen MR) is 241 cm³/mol. The normalized spacial score (nSPS) is 13.6. The van der Waals surface area contributed by atoms with Crippen LogP contribution >= 0.6 is 0 Å². The summed E-state index contributed by atoms with van der Waals surface area (Å²) < 4.78 is 4.72. The maximum Gasteiger partial charge on any atom is 0.140 e. The Morgan fingerprint density at radius 3 is 1.75 bits per heavy atom. The van der Waals surface area contributed by atoms with Gasteiger partial charge in [0.1, 0.15) is 5.82 Å². The van der Waals surface area contributed by atoms with Crippen molar-refractivity contribution >= 4 is 30.3 Å². The first-order valence-electron chi connectivity index (χ1n) is 20.4. The molecule has 0 unspecified atom stereocenters. The molecular formula is C53H53N3. The maximum absolute atomic E-state index is 4.87. The third-order valence-electron chi connectivity index (χ3n) is 12.0. The summed E-state index contributed by atoms with van der Waals surface area (Å²) in [6.07, 6.45) is 22.2. The SMILES string of the molecule is C=C/C=C\c1c(CC)c2c(n1-c1ccc(-c3ccc(C(C)(C)c4ccc(-c5ccc(-n6c(C=C)c(CCC)c7c6C=CCC7)cc5)cc4)cc3)cc1)N=CCC2. The second-order valence-corrected chi connectivity index (χ2v) is 15.6. The molecule has 0 saturated heterocycles. The minimum Gasteiger partial charge on any atom is -0.310 e. The quantitative estimate of drug-likeness (QED) is 0.112. The highest BCUT2D eigenvalue weighted by molar-refractivity contribution is 5.76. The molecule has 0 amide bonds. The molecule has 280 valence electrons. The van der Waals surface area contributed by atoms with Gasteiger partial charge in [0.15, 0.2) is 0 Å². The smallest absolute Gasteiger partial charge is 0.140 e. The number of aliphatic imine (C=N–C) groups is 1. The zero-order valence-electron chi connectivity index (χ0n) is 33.5. The molecule has 3 heterocycles. The Morgan fingerprint density at radius 1 is 0.661 bits per heavy atom. The van der Waals surface area contributed by atoms with Gasteiger partial charge < -0.3 is 4.57 Å². The second kappa shape index (κ2) is 15.7. The predicted octanol–water partition coefficient (Wildman–Crippen LogP) is 13.9. The van der Waals surface area contributed by atoms with Gasteiger partial charge in [0.2, 0.25) is 0 Å². The van der Waals surface area contributed by atoms with Gasteiger partial charge in [-0.15, -0.1) is 0 Å². The first-order chi connectivity index (χ1) is 27.4. The fourth-order valence-corrected chi connectivity index (χ4v) is 8.96. The molecule has 8 rings (SSSR count). The van der Waals surface area contributed by atoms with Crippen LogP contribution in [0.1, 0.15) is 97.4 Å². The summed E-state index contributed by atoms with van der Waals surface area (Å²) in [5.74, 6) is 1.06. The molecule has 6 aromatic rings. The average molecular weight is 732 g/mol. The van der Waals surface area contributed by atoms with E-state index in [0.717, 1.165) is 56.5 Å². The van der Waals surface area contributed by atoms with Gasteiger partial charge in [-0.2, -0.15) is 0 Å². The van der Waals surface area contributed by atoms with Crippen molar-refractivity contribution in [2.75, 3.05) is 0 Å². The van der Waals surface area contributed by atoms with Gasteiger partial charge in [0.05, 0.1) is 5.69 Å². The minimum absolute atomic E-state index is 0.149. The van der Waals surface area contributed by atoms with E-state index in [1.807, 2.05) is 18.2 Å². The highest BCUT2D eigenvalue weighted by Gasteiger charge is 2.25. The van der Waals surface area contributed by atoms with Crippen LogP contribution in [0.2, 0.25) is 0 Å². The zero-order valence-corrected chi connectivity index (χ0v) is 33.5. The minimum atomic E-state index is -0.149. The lowest BCUT2D eigenvalue weighted by Gasteiger charge is -2.26. The second-order valence-electron chi connectivity index (χ2n) is 15.6. The van der Waals surface area contributed by atoms with Gasteiger partial charge in [-0.3, -0.25) is 4.57 Å². The van der Waals surface area contributed by atoms with Crippen LogP contribution in [0, 0.1) is 0 Å². The summed E-state index contributed by atoms with van der Waals surface area (Å²) >= 11 is 0. The van der Waals surface area contributed by atoms with E-state index in [0.29, 0.717) is 0 Å². The third kappa shape index (κ3) is 6.60. The van der Waals surface area contributed by atoms with Crippen LogP contribution < -0.4 is 0 Å². The Labute approximate surface area is 333 Å². The van der Waals surface area contributed by atoms with E-state index < -0.39 is 0 Å². The van der Waals surface area contributed by atoms with Crippen molar-refractivity contribution in [3.63, 3.8) is 0 Å². The zero-order chi connectivity index (χ0) is 38.8. The van der Waals surface area contributed by atoms with Crippen LogP contribution in [-0.4, -0.2) is 15.3 Å². The molecule has 0 N–H and O–H groups in total. The van der Waals surface area contributed by atoms with Crippen LogP contribution in [-0.2, 0) is 31.1 Å². The number of fused-ring (bicyclic) bond motifs is 2. The molecule has 2 aromatic heterocycles. The number of allylic oxidation sites excluding steroid dienone is 3. The highest BCUT2D eigenvalue weighted by Crippen LogP contribution is 2.39. The van der Waals surface area contributed by atoms with Crippen molar-refractivity contribution < 1.29 is 0 Å². The number of benzene rings is 4. The summed E-state index contributed by atoms with van der Waals surface area (Å²) in [5, 5.41) is 0. The van der Waals surface area contributed by atoms with Crippen molar-refractivity contribution in [2.45, 2.75) is 78.1 Å². The molecule has 1 aliphatic carbocycles. The maximum atomic E-state index is 4.87. The highest BCUT2D eigenvalue weighted by atomic mass is 15.1. The van der Waals surface area contributed by atoms with E-state index in [1.54, 1.807) is 0 Å². The first-order valence-corrected chi connectivity index (χ1v) is 20.4. The fourth-order valence-electron chi connectivity index (χ4n) is 8.96. The van der Waals surface area contributed by atoms with E-state index in [1.165, 1.54) is 78.4 Å². The van der Waals surface area contributed by atoms with Gasteiger partial charge in [-0.1, -0.05) is 138 Å². The van der Waals surface area contributed by atoms with Crippen molar-refractivity contribution in [1.29, 1.82) is 0 Å². The lowest BCUT2D eigenvalue weighted by molar-refractivity contribution is 0.641. The fraction of sp³-hybridized carbons (Fsp3) is 0.226. The molecule has 0 bridgehead atoms. The van der Waals surface area contributed by atoms with Gasteiger partial charge >= 0.3 is 0 Å². The van der Waals surface area contributed by atoms with Gasteiger partial charge in [0.25, 0.3) is 0 Å². The lowest BCUT2D eigenvalue weighted by Crippen LogP contribution is -2.18. The van der Waals surface area contributed by atoms with Crippen LogP contribution in [0.3, 0.4) is 0 Å². The number of aromatic nitrogens is 2. The van der Waals surface area contributed by atoms with Crippen LogP contribution in [0.25, 0.3) is 51.9 Å². The summed E-state index contributed by atoms with van der Waals surface area (Å²) in [7, 11) is 0. The molecule has 0 saturated carbocycles. The Morgan fingerprint density at radius 2 is 1.21 bits per heavy atom. The van der Waals surface area contributed by atoms with Gasteiger partial charge in [-0.25, -0.2) is 4.99 Å². The van der Waals surface area contributed by atoms with Gasteiger partial charge in [-0.05, 0) is 131 Å². The van der Waals surface area contributed by atoms with Crippen molar-refractivity contribution in [1.82, 2.24) is 9.13 Å². The van der Waals surface area contributed by atoms with Crippen LogP contribution in [0.15, 0.2) is 133 Å². The Balaban J connectivity index is 1.00. The van der Waals surface area contributed by atoms with Crippen molar-refractivity contribution in [3.8, 4) is 33.6 Å². The number of hydrogen-bond donors (Lipinski definition) is 0. The molecule has 1 aliphatic heterocycles. The molecule has 4 aromatic carbocycles. The Hall–Kier alpha value is -5.93. The number of rotatable bonds is 12. The van der Waals surface area contributed by atoms with E-state index in [9.17, 15) is 0 Å². The molecule has 2 aliphatic rings. The van der Waals surface area contributed by atoms with Crippen molar-refractivity contribution in [3.05, 3.63) is 179 Å². The summed E-state index contributed by atoms with van der Waals surface area (Å²) in [5.41, 5.74) is 19.1. The van der Waals surface area contributed by atoms with Crippen LogP contribution in [0.5, 0.6) is 0 Å². The Kier molecular flexibility index (Phi) is 10.4. The standard InChI is InChI=1S/C53H53N3/c1-7-11-18-50-45(9-3)48-17-14-36-54-52(48)56(50)44-34-26-40(27-35-44)38-22-30-42(31-23-38)53(5,6)41-28-20-37(21-29-41)39-24-32-43(33-25-39)55-49(10-4)46(15-8-2)47-16-12-13-19-51(47)55/h7,10-11,13,18-36H,1,4,8-9,12,14-17H2,2-3,5-6H3/b18-11-. The molecular weight excluding hydrogens is 679 g/mol. The monoisotopic (exact) mass is 731 g/mol. The number of hydrogen-bond acceptors (Lipinski definition) is 1. The molecule has 0 fully saturated rings. The molecule has 0 atom stereocenters. The summed E-state index contributed by atoms with van der Waals surface area (Å²) in [4.78, 5) is 4.87. The molecule has 3 nitrogen and oxygen atoms in total. The first kappa shape index (κ1) is 37.0. The number of nitrogens with zero attached hydrogens (tertiary/aromatic N) is 3. The van der Waals surface area contributed by atoms with E-state index in [4.69, 9.17) is 4.99 Å². The third-order valence-corrected chi connectivity index (χ3v) is 12.0. The van der Waals surface area contributed by atoms with Crippen LogP contribution in [0.4, 0.5) is 5.82 Å². The van der Waals surface area contributed by atoms with E-state index in [-0.39, 0.29) is 5.41 Å². The van der Waals surface area contributed by atoms with Gasteiger partial charge in [0, 0.05) is 40.0 Å². The summed E-state index contributed by atoms with van der Waals surface area (Å²) in [6.45, 7) is 17.3. The molecule has 0 spiro atoms. The largest absolute Gasteiger partial charge is 0.310 e.